The fraction of sp³-hybridized carbons (Fsp3) is 0.435. The van der Waals surface area contributed by atoms with Crippen molar-refractivity contribution in [3.8, 4) is 6.07 Å². The highest BCUT2D eigenvalue weighted by molar-refractivity contribution is 8.03. The van der Waals surface area contributed by atoms with E-state index in [0.717, 1.165) is 25.7 Å². The molecule has 1 aliphatic heterocycles. The molecule has 8 heteroatoms. The number of benzene rings is 1. The lowest BCUT2D eigenvalue weighted by Gasteiger charge is -2.29. The molecular formula is C23H26FN3O3S. The molecule has 0 spiro atoms. The molecule has 6 nitrogen and oxygen atoms in total. The van der Waals surface area contributed by atoms with E-state index in [9.17, 15) is 19.2 Å². The number of hydrogen-bond acceptors (Lipinski definition) is 6. The van der Waals surface area contributed by atoms with Gasteiger partial charge in [-0.3, -0.25) is 4.79 Å². The Hall–Kier alpha value is -2.79. The van der Waals surface area contributed by atoms with E-state index in [-0.39, 0.29) is 34.4 Å². The van der Waals surface area contributed by atoms with Gasteiger partial charge in [0.05, 0.1) is 41.0 Å². The minimum absolute atomic E-state index is 0.105. The SMILES string of the molecule is COC(=O)C1=C(C)NC(SCC(=O)NC2CCCCC2)=C(C#N)C1c1ccccc1F. The van der Waals surface area contributed by atoms with Gasteiger partial charge in [0.1, 0.15) is 5.82 Å². The monoisotopic (exact) mass is 443 g/mol. The molecule has 1 aromatic rings. The summed E-state index contributed by atoms with van der Waals surface area (Å²) in [6.45, 7) is 1.68. The lowest BCUT2D eigenvalue weighted by molar-refractivity contribution is -0.136. The summed E-state index contributed by atoms with van der Waals surface area (Å²) in [4.78, 5) is 24.9. The minimum atomic E-state index is -0.913. The smallest absolute Gasteiger partial charge is 0.336 e. The molecule has 1 aromatic carbocycles. The van der Waals surface area contributed by atoms with Gasteiger partial charge in [-0.25, -0.2) is 9.18 Å². The van der Waals surface area contributed by atoms with E-state index in [4.69, 9.17) is 4.74 Å². The normalized spacial score (nSPS) is 19.5. The zero-order valence-corrected chi connectivity index (χ0v) is 18.5. The lowest BCUT2D eigenvalue weighted by Crippen LogP contribution is -2.37. The first-order chi connectivity index (χ1) is 15.0. The van der Waals surface area contributed by atoms with Crippen molar-refractivity contribution >= 4 is 23.6 Å². The molecule has 0 saturated heterocycles. The molecule has 2 N–H and O–H groups in total. The number of halogens is 1. The third-order valence-corrected chi connectivity index (χ3v) is 6.60. The quantitative estimate of drug-likeness (QED) is 0.649. The topological polar surface area (TPSA) is 91.2 Å². The number of nitrogens with zero attached hydrogens (tertiary/aromatic N) is 1. The number of thioether (sulfide) groups is 1. The van der Waals surface area contributed by atoms with Crippen LogP contribution in [-0.4, -0.2) is 30.8 Å². The number of amides is 1. The molecule has 3 rings (SSSR count). The van der Waals surface area contributed by atoms with Crippen molar-refractivity contribution < 1.29 is 18.7 Å². The van der Waals surface area contributed by atoms with Gasteiger partial charge < -0.3 is 15.4 Å². The number of nitriles is 1. The first-order valence-corrected chi connectivity index (χ1v) is 11.3. The summed E-state index contributed by atoms with van der Waals surface area (Å²) in [5, 5.41) is 16.5. The van der Waals surface area contributed by atoms with Gasteiger partial charge in [0.15, 0.2) is 0 Å². The predicted molar refractivity (Wildman–Crippen MR) is 117 cm³/mol. The van der Waals surface area contributed by atoms with E-state index >= 15 is 0 Å². The van der Waals surface area contributed by atoms with E-state index < -0.39 is 17.7 Å². The number of carbonyl (C=O) groups is 2. The van der Waals surface area contributed by atoms with Crippen molar-refractivity contribution in [1.29, 1.82) is 5.26 Å². The Balaban J connectivity index is 1.87. The van der Waals surface area contributed by atoms with Crippen LogP contribution in [0.25, 0.3) is 0 Å². The van der Waals surface area contributed by atoms with Crippen LogP contribution in [0.2, 0.25) is 0 Å². The molecule has 2 aliphatic rings. The van der Waals surface area contributed by atoms with Gasteiger partial charge in [0.25, 0.3) is 0 Å². The Bertz CT molecular complexity index is 961. The average molecular weight is 444 g/mol. The lowest BCUT2D eigenvalue weighted by atomic mass is 9.82. The molecule has 0 aromatic heterocycles. The molecule has 0 radical (unpaired) electrons. The zero-order chi connectivity index (χ0) is 22.4. The van der Waals surface area contributed by atoms with Crippen LogP contribution in [0.4, 0.5) is 4.39 Å². The van der Waals surface area contributed by atoms with Gasteiger partial charge in [-0.2, -0.15) is 5.26 Å². The molecule has 0 bridgehead atoms. The van der Waals surface area contributed by atoms with E-state index in [1.54, 1.807) is 25.1 Å². The summed E-state index contributed by atoms with van der Waals surface area (Å²) in [6, 6.07) is 8.37. The largest absolute Gasteiger partial charge is 0.466 e. The number of ether oxygens (including phenoxy) is 1. The predicted octanol–water partition coefficient (Wildman–Crippen LogP) is 3.88. The summed E-state index contributed by atoms with van der Waals surface area (Å²) < 4.78 is 19.6. The highest BCUT2D eigenvalue weighted by Gasteiger charge is 2.36. The number of carbonyl (C=O) groups excluding carboxylic acids is 2. The van der Waals surface area contributed by atoms with Crippen molar-refractivity contribution in [2.75, 3.05) is 12.9 Å². The van der Waals surface area contributed by atoms with Crippen molar-refractivity contribution in [2.24, 2.45) is 0 Å². The fourth-order valence-electron chi connectivity index (χ4n) is 4.08. The van der Waals surface area contributed by atoms with E-state index in [1.807, 2.05) is 0 Å². The van der Waals surface area contributed by atoms with E-state index in [1.165, 1.54) is 31.4 Å². The van der Waals surface area contributed by atoms with Gasteiger partial charge in [0, 0.05) is 17.3 Å². The van der Waals surface area contributed by atoms with E-state index in [2.05, 4.69) is 16.7 Å². The molecule has 1 atom stereocenters. The number of esters is 1. The van der Waals surface area contributed by atoms with Crippen LogP contribution in [0.15, 0.2) is 46.1 Å². The third kappa shape index (κ3) is 5.28. The molecule has 1 aliphatic carbocycles. The molecule has 1 heterocycles. The Morgan fingerprint density at radius 2 is 2.00 bits per heavy atom. The molecule has 1 amide bonds. The van der Waals surface area contributed by atoms with Gasteiger partial charge in [-0.1, -0.05) is 49.2 Å². The summed E-state index contributed by atoms with van der Waals surface area (Å²) >= 11 is 1.18. The summed E-state index contributed by atoms with van der Waals surface area (Å²) in [5.41, 5.74) is 1.05. The second kappa shape index (κ2) is 10.5. The Labute approximate surface area is 185 Å². The number of dihydropyridines is 1. The fourth-order valence-corrected chi connectivity index (χ4v) is 4.98. The first kappa shape index (κ1) is 22.9. The van der Waals surface area contributed by atoms with Crippen LogP contribution in [0, 0.1) is 17.1 Å². The van der Waals surface area contributed by atoms with Crippen LogP contribution < -0.4 is 10.6 Å². The third-order valence-electron chi connectivity index (χ3n) is 5.59. The first-order valence-electron chi connectivity index (χ1n) is 10.3. The van der Waals surface area contributed by atoms with Crippen molar-refractivity contribution in [1.82, 2.24) is 10.6 Å². The average Bonchev–Trinajstić information content (AvgIpc) is 2.77. The Morgan fingerprint density at radius 3 is 2.65 bits per heavy atom. The van der Waals surface area contributed by atoms with Crippen LogP contribution >= 0.6 is 11.8 Å². The van der Waals surface area contributed by atoms with Gasteiger partial charge >= 0.3 is 5.97 Å². The van der Waals surface area contributed by atoms with Crippen LogP contribution in [0.3, 0.4) is 0 Å². The van der Waals surface area contributed by atoms with Crippen LogP contribution in [-0.2, 0) is 14.3 Å². The highest BCUT2D eigenvalue weighted by atomic mass is 32.2. The molecule has 31 heavy (non-hydrogen) atoms. The zero-order valence-electron chi connectivity index (χ0n) is 17.7. The maximum atomic E-state index is 14.7. The molecule has 1 fully saturated rings. The maximum absolute atomic E-state index is 14.7. The Kier molecular flexibility index (Phi) is 7.75. The minimum Gasteiger partial charge on any atom is -0.466 e. The highest BCUT2D eigenvalue weighted by Crippen LogP contribution is 2.41. The van der Waals surface area contributed by atoms with Gasteiger partial charge in [-0.15, -0.1) is 0 Å². The van der Waals surface area contributed by atoms with E-state index in [0.29, 0.717) is 10.7 Å². The number of nitrogens with one attached hydrogen (secondary N) is 2. The number of rotatable bonds is 6. The van der Waals surface area contributed by atoms with Crippen LogP contribution in [0.1, 0.15) is 50.5 Å². The number of hydrogen-bond donors (Lipinski definition) is 2. The molecule has 1 unspecified atom stereocenters. The molecular weight excluding hydrogens is 417 g/mol. The standard InChI is InChI=1S/C23H26FN3O3S/c1-14-20(23(29)30-2)21(16-10-6-7-11-18(16)24)17(12-25)22(26-14)31-13-19(28)27-15-8-4-3-5-9-15/h6-7,10-11,15,21,26H,3-5,8-9,13H2,1-2H3,(H,27,28). The van der Waals surface area contributed by atoms with Gasteiger partial charge in [0.2, 0.25) is 5.91 Å². The van der Waals surface area contributed by atoms with Crippen molar-refractivity contribution in [3.05, 3.63) is 57.5 Å². The van der Waals surface area contributed by atoms with Crippen molar-refractivity contribution in [3.63, 3.8) is 0 Å². The maximum Gasteiger partial charge on any atom is 0.336 e. The summed E-state index contributed by atoms with van der Waals surface area (Å²) in [6.07, 6.45) is 5.41. The summed E-state index contributed by atoms with van der Waals surface area (Å²) in [7, 11) is 1.25. The number of methoxy groups -OCH3 is 1. The second-order valence-corrected chi connectivity index (χ2v) is 8.64. The summed E-state index contributed by atoms with van der Waals surface area (Å²) in [5.74, 6) is -2.05. The van der Waals surface area contributed by atoms with Crippen LogP contribution in [0.5, 0.6) is 0 Å². The molecule has 1 saturated carbocycles. The van der Waals surface area contributed by atoms with Gasteiger partial charge in [-0.05, 0) is 25.8 Å². The molecule has 164 valence electrons. The number of allylic oxidation sites excluding steroid dienone is 2. The Morgan fingerprint density at radius 1 is 1.29 bits per heavy atom. The van der Waals surface area contributed by atoms with Crippen molar-refractivity contribution in [2.45, 2.75) is 51.0 Å². The second-order valence-electron chi connectivity index (χ2n) is 7.66.